The Labute approximate surface area is 116 Å². The summed E-state index contributed by atoms with van der Waals surface area (Å²) in [5, 5.41) is 0. The third-order valence-corrected chi connectivity index (χ3v) is 3.25. The first-order chi connectivity index (χ1) is 9.58. The van der Waals surface area contributed by atoms with E-state index in [9.17, 15) is 9.59 Å². The summed E-state index contributed by atoms with van der Waals surface area (Å²) >= 11 is 0. The Bertz CT molecular complexity index is 721. The number of carbonyl (C=O) groups is 2. The number of Topliss-reactive ketones (excluding diaryl/α,β-unsaturated/α-hetero) is 1. The fraction of sp³-hybridized carbons (Fsp3) is 0.125. The van der Waals surface area contributed by atoms with E-state index < -0.39 is 0 Å². The number of rotatable bonds is 1. The molecule has 100 valence electrons. The van der Waals surface area contributed by atoms with Crippen molar-refractivity contribution in [1.82, 2.24) is 0 Å². The number of nitrogens with zero attached hydrogens (tertiary/aromatic N) is 1. The molecule has 1 aliphatic heterocycles. The van der Waals surface area contributed by atoms with Gasteiger partial charge < -0.3 is 4.74 Å². The van der Waals surface area contributed by atoms with Crippen LogP contribution in [0.15, 0.2) is 42.5 Å². The van der Waals surface area contributed by atoms with Gasteiger partial charge in [-0.15, -0.1) is 0 Å². The SMILES string of the molecule is CC(=O)c1ccc2c(c1)N(C(C)=O)c1ccccc1O2. The smallest absolute Gasteiger partial charge is 0.228 e. The minimum Gasteiger partial charge on any atom is -0.453 e. The summed E-state index contributed by atoms with van der Waals surface area (Å²) in [5.41, 5.74) is 1.84. The summed E-state index contributed by atoms with van der Waals surface area (Å²) in [7, 11) is 0. The summed E-state index contributed by atoms with van der Waals surface area (Å²) < 4.78 is 5.79. The lowest BCUT2D eigenvalue weighted by Gasteiger charge is -2.30. The highest BCUT2D eigenvalue weighted by Crippen LogP contribution is 2.46. The number of hydrogen-bond donors (Lipinski definition) is 0. The number of anilines is 2. The van der Waals surface area contributed by atoms with Crippen molar-refractivity contribution < 1.29 is 14.3 Å². The van der Waals surface area contributed by atoms with Crippen LogP contribution in [0.5, 0.6) is 11.5 Å². The topological polar surface area (TPSA) is 46.6 Å². The quantitative estimate of drug-likeness (QED) is 0.740. The molecule has 4 heteroatoms. The molecule has 4 nitrogen and oxygen atoms in total. The zero-order valence-electron chi connectivity index (χ0n) is 11.2. The lowest BCUT2D eigenvalue weighted by atomic mass is 10.1. The van der Waals surface area contributed by atoms with Crippen molar-refractivity contribution in [3.05, 3.63) is 48.0 Å². The van der Waals surface area contributed by atoms with Crippen molar-refractivity contribution >= 4 is 23.1 Å². The summed E-state index contributed by atoms with van der Waals surface area (Å²) in [6.45, 7) is 2.99. The van der Waals surface area contributed by atoms with Gasteiger partial charge >= 0.3 is 0 Å². The lowest BCUT2D eigenvalue weighted by molar-refractivity contribution is -0.115. The Morgan fingerprint density at radius 2 is 1.65 bits per heavy atom. The molecule has 1 amide bonds. The zero-order chi connectivity index (χ0) is 14.3. The fourth-order valence-corrected chi connectivity index (χ4v) is 2.31. The van der Waals surface area contributed by atoms with Crippen LogP contribution in [0.3, 0.4) is 0 Å². The summed E-state index contributed by atoms with van der Waals surface area (Å²) in [6.07, 6.45) is 0. The molecule has 0 saturated carbocycles. The zero-order valence-corrected chi connectivity index (χ0v) is 11.2. The van der Waals surface area contributed by atoms with Gasteiger partial charge in [0, 0.05) is 12.5 Å². The van der Waals surface area contributed by atoms with Crippen LogP contribution in [0.25, 0.3) is 0 Å². The van der Waals surface area contributed by atoms with E-state index in [0.717, 1.165) is 0 Å². The first-order valence-electron chi connectivity index (χ1n) is 6.30. The van der Waals surface area contributed by atoms with Gasteiger partial charge in [0.1, 0.15) is 0 Å². The number of ether oxygens (including phenoxy) is 1. The first-order valence-corrected chi connectivity index (χ1v) is 6.30. The molecule has 1 heterocycles. The summed E-state index contributed by atoms with van der Waals surface area (Å²) in [5.74, 6) is 1.03. The molecule has 2 aromatic rings. The van der Waals surface area contributed by atoms with Crippen molar-refractivity contribution in [1.29, 1.82) is 0 Å². The van der Waals surface area contributed by atoms with Gasteiger partial charge in [-0.05, 0) is 37.3 Å². The highest BCUT2D eigenvalue weighted by molar-refractivity contribution is 6.05. The van der Waals surface area contributed by atoms with Crippen LogP contribution < -0.4 is 9.64 Å². The maximum absolute atomic E-state index is 12.0. The molecule has 0 aliphatic carbocycles. The van der Waals surface area contributed by atoms with Gasteiger partial charge in [0.05, 0.1) is 11.4 Å². The maximum atomic E-state index is 12.0. The number of benzene rings is 2. The Morgan fingerprint density at radius 3 is 2.35 bits per heavy atom. The third-order valence-electron chi connectivity index (χ3n) is 3.25. The predicted octanol–water partition coefficient (Wildman–Crippen LogP) is 3.68. The lowest BCUT2D eigenvalue weighted by Crippen LogP contribution is -2.26. The molecule has 0 bridgehead atoms. The van der Waals surface area contributed by atoms with E-state index in [-0.39, 0.29) is 11.7 Å². The monoisotopic (exact) mass is 267 g/mol. The minimum absolute atomic E-state index is 0.0461. The molecule has 0 aromatic heterocycles. The highest BCUT2D eigenvalue weighted by atomic mass is 16.5. The van der Waals surface area contributed by atoms with Crippen molar-refractivity contribution in [2.45, 2.75) is 13.8 Å². The summed E-state index contributed by atoms with van der Waals surface area (Å²) in [4.78, 5) is 25.1. The molecule has 0 N–H and O–H groups in total. The molecule has 0 fully saturated rings. The predicted molar refractivity (Wildman–Crippen MR) is 75.8 cm³/mol. The number of amides is 1. The van der Waals surface area contributed by atoms with E-state index in [2.05, 4.69) is 0 Å². The molecule has 3 rings (SSSR count). The molecule has 0 unspecified atom stereocenters. The summed E-state index contributed by atoms with van der Waals surface area (Å²) in [6, 6.07) is 12.4. The van der Waals surface area contributed by atoms with Crippen LogP contribution in [0, 0.1) is 0 Å². The van der Waals surface area contributed by atoms with E-state index in [1.807, 2.05) is 24.3 Å². The van der Waals surface area contributed by atoms with E-state index in [1.54, 1.807) is 23.1 Å². The van der Waals surface area contributed by atoms with Crippen LogP contribution in [0.1, 0.15) is 24.2 Å². The van der Waals surface area contributed by atoms with E-state index in [4.69, 9.17) is 4.74 Å². The highest BCUT2D eigenvalue weighted by Gasteiger charge is 2.27. The van der Waals surface area contributed by atoms with Crippen molar-refractivity contribution in [2.75, 3.05) is 4.90 Å². The Hall–Kier alpha value is -2.62. The Morgan fingerprint density at radius 1 is 0.950 bits per heavy atom. The average Bonchev–Trinajstić information content (AvgIpc) is 2.43. The molecule has 0 atom stereocenters. The van der Waals surface area contributed by atoms with E-state index in [1.165, 1.54) is 13.8 Å². The molecule has 20 heavy (non-hydrogen) atoms. The van der Waals surface area contributed by atoms with Crippen LogP contribution in [-0.2, 0) is 4.79 Å². The second kappa shape index (κ2) is 4.49. The van der Waals surface area contributed by atoms with Crippen LogP contribution >= 0.6 is 0 Å². The van der Waals surface area contributed by atoms with Crippen molar-refractivity contribution in [3.63, 3.8) is 0 Å². The van der Waals surface area contributed by atoms with E-state index >= 15 is 0 Å². The van der Waals surface area contributed by atoms with Crippen LogP contribution in [-0.4, -0.2) is 11.7 Å². The van der Waals surface area contributed by atoms with Gasteiger partial charge in [0.25, 0.3) is 0 Å². The minimum atomic E-state index is -0.122. The van der Waals surface area contributed by atoms with Gasteiger partial charge in [-0.25, -0.2) is 0 Å². The van der Waals surface area contributed by atoms with E-state index in [0.29, 0.717) is 28.4 Å². The molecule has 1 aliphatic rings. The second-order valence-electron chi connectivity index (χ2n) is 4.66. The largest absolute Gasteiger partial charge is 0.453 e. The number of para-hydroxylation sites is 2. The number of fused-ring (bicyclic) bond motifs is 2. The van der Waals surface area contributed by atoms with Crippen molar-refractivity contribution in [3.8, 4) is 11.5 Å². The van der Waals surface area contributed by atoms with Gasteiger partial charge in [0.15, 0.2) is 17.3 Å². The number of hydrogen-bond acceptors (Lipinski definition) is 3. The van der Waals surface area contributed by atoms with Gasteiger partial charge in [-0.1, -0.05) is 12.1 Å². The molecule has 0 spiro atoms. The maximum Gasteiger partial charge on any atom is 0.228 e. The molecule has 0 saturated heterocycles. The van der Waals surface area contributed by atoms with Gasteiger partial charge in [-0.3, -0.25) is 14.5 Å². The number of carbonyl (C=O) groups excluding carboxylic acids is 2. The average molecular weight is 267 g/mol. The Kier molecular flexibility index (Phi) is 2.79. The van der Waals surface area contributed by atoms with Crippen LogP contribution in [0.4, 0.5) is 11.4 Å². The molecule has 2 aromatic carbocycles. The van der Waals surface area contributed by atoms with Gasteiger partial charge in [0.2, 0.25) is 5.91 Å². The third kappa shape index (κ3) is 1.86. The molecular weight excluding hydrogens is 254 g/mol. The number of ketones is 1. The van der Waals surface area contributed by atoms with Gasteiger partial charge in [-0.2, -0.15) is 0 Å². The first kappa shape index (κ1) is 12.4. The fourth-order valence-electron chi connectivity index (χ4n) is 2.31. The van der Waals surface area contributed by atoms with Crippen LogP contribution in [0.2, 0.25) is 0 Å². The molecule has 0 radical (unpaired) electrons. The normalized spacial score (nSPS) is 12.2. The molecular formula is C16H13NO3. The van der Waals surface area contributed by atoms with Crippen molar-refractivity contribution in [2.24, 2.45) is 0 Å². The Balaban J connectivity index is 2.22. The standard InChI is InChI=1S/C16H13NO3/c1-10(18)12-7-8-16-14(9-12)17(11(2)19)13-5-3-4-6-15(13)20-16/h3-9H,1-2H3. The second-order valence-corrected chi connectivity index (χ2v) is 4.66.